The van der Waals surface area contributed by atoms with Gasteiger partial charge in [0.25, 0.3) is 0 Å². The quantitative estimate of drug-likeness (QED) is 0.877. The Labute approximate surface area is 124 Å². The second-order valence-corrected chi connectivity index (χ2v) is 5.93. The average Bonchev–Trinajstić information content (AvgIpc) is 2.78. The van der Waals surface area contributed by atoms with E-state index in [-0.39, 0.29) is 0 Å². The van der Waals surface area contributed by atoms with E-state index in [1.807, 2.05) is 18.2 Å². The zero-order chi connectivity index (χ0) is 13.9. The molecule has 0 bridgehead atoms. The summed E-state index contributed by atoms with van der Waals surface area (Å²) in [5.74, 6) is 1.07. The van der Waals surface area contributed by atoms with Crippen LogP contribution in [-0.4, -0.2) is 32.5 Å². The zero-order valence-corrected chi connectivity index (χ0v) is 12.4. The fraction of sp³-hybridized carbons (Fsp3) is 0.467. The normalized spacial score (nSPS) is 16.6. The Morgan fingerprint density at radius 1 is 1.20 bits per heavy atom. The van der Waals surface area contributed by atoms with Crippen LogP contribution in [0.25, 0.3) is 11.0 Å². The van der Waals surface area contributed by atoms with Crippen LogP contribution >= 0.6 is 12.2 Å². The predicted molar refractivity (Wildman–Crippen MR) is 85.6 cm³/mol. The minimum absolute atomic E-state index is 0.507. The molecule has 106 valence electrons. The van der Waals surface area contributed by atoms with Crippen LogP contribution in [0.5, 0.6) is 0 Å². The van der Waals surface area contributed by atoms with E-state index in [2.05, 4.69) is 15.5 Å². The predicted octanol–water partition coefficient (Wildman–Crippen LogP) is 2.31. The summed E-state index contributed by atoms with van der Waals surface area (Å²) in [6.45, 7) is 3.78. The molecule has 0 atom stereocenters. The number of hydrogen-bond donors (Lipinski definition) is 1. The molecule has 1 aliphatic heterocycles. The minimum Gasteiger partial charge on any atom is -0.392 e. The number of likely N-dealkylation sites (tertiary alicyclic amines) is 1. The number of imidazole rings is 1. The first kappa shape index (κ1) is 13.5. The molecule has 0 spiro atoms. The Morgan fingerprint density at radius 2 is 1.95 bits per heavy atom. The highest BCUT2D eigenvalue weighted by Crippen LogP contribution is 2.19. The number of benzene rings is 1. The maximum absolute atomic E-state index is 5.75. The molecule has 1 aliphatic rings. The summed E-state index contributed by atoms with van der Waals surface area (Å²) in [6, 6.07) is 8.18. The number of para-hydroxylation sites is 2. The highest BCUT2D eigenvalue weighted by Gasteiger charge is 2.16. The molecule has 0 amide bonds. The van der Waals surface area contributed by atoms with E-state index in [4.69, 9.17) is 22.9 Å². The molecule has 1 aromatic carbocycles. The summed E-state index contributed by atoms with van der Waals surface area (Å²) in [5, 5.41) is 0. The monoisotopic (exact) mass is 288 g/mol. The molecule has 0 radical (unpaired) electrons. The molecule has 5 heteroatoms. The van der Waals surface area contributed by atoms with Crippen molar-refractivity contribution >= 4 is 28.2 Å². The number of fused-ring (bicyclic) bond motifs is 1. The van der Waals surface area contributed by atoms with Crippen molar-refractivity contribution in [3.8, 4) is 0 Å². The van der Waals surface area contributed by atoms with Gasteiger partial charge in [-0.05, 0) is 38.1 Å². The summed E-state index contributed by atoms with van der Waals surface area (Å²) >= 11 is 5.09. The SMILES string of the molecule is NC(=S)Cn1c(CN2CCCCC2)nc2ccccc21. The van der Waals surface area contributed by atoms with Crippen molar-refractivity contribution in [2.75, 3.05) is 13.1 Å². The van der Waals surface area contributed by atoms with Crippen molar-refractivity contribution < 1.29 is 0 Å². The first-order chi connectivity index (χ1) is 9.74. The van der Waals surface area contributed by atoms with Crippen LogP contribution < -0.4 is 5.73 Å². The molecule has 2 aromatic rings. The summed E-state index contributed by atoms with van der Waals surface area (Å²) in [5.41, 5.74) is 7.89. The Bertz CT molecular complexity index is 613. The Balaban J connectivity index is 1.93. The minimum atomic E-state index is 0.507. The molecule has 2 N–H and O–H groups in total. The molecule has 0 saturated carbocycles. The molecule has 20 heavy (non-hydrogen) atoms. The molecule has 0 unspecified atom stereocenters. The van der Waals surface area contributed by atoms with E-state index in [0.717, 1.165) is 36.5 Å². The van der Waals surface area contributed by atoms with Gasteiger partial charge in [0, 0.05) is 0 Å². The second-order valence-electron chi connectivity index (χ2n) is 5.41. The van der Waals surface area contributed by atoms with Gasteiger partial charge in [0.05, 0.1) is 29.1 Å². The van der Waals surface area contributed by atoms with Crippen LogP contribution in [0.3, 0.4) is 0 Å². The number of nitrogens with zero attached hydrogens (tertiary/aromatic N) is 3. The van der Waals surface area contributed by atoms with Crippen molar-refractivity contribution in [1.29, 1.82) is 0 Å². The lowest BCUT2D eigenvalue weighted by molar-refractivity contribution is 0.214. The smallest absolute Gasteiger partial charge is 0.124 e. The Kier molecular flexibility index (Phi) is 3.98. The van der Waals surface area contributed by atoms with Gasteiger partial charge in [-0.25, -0.2) is 4.98 Å². The van der Waals surface area contributed by atoms with Crippen molar-refractivity contribution in [2.24, 2.45) is 5.73 Å². The second kappa shape index (κ2) is 5.89. The number of aromatic nitrogens is 2. The van der Waals surface area contributed by atoms with Gasteiger partial charge in [-0.3, -0.25) is 4.90 Å². The van der Waals surface area contributed by atoms with E-state index >= 15 is 0 Å². The summed E-state index contributed by atoms with van der Waals surface area (Å²) in [7, 11) is 0. The third-order valence-electron chi connectivity index (χ3n) is 3.86. The summed E-state index contributed by atoms with van der Waals surface area (Å²) < 4.78 is 2.16. The fourth-order valence-electron chi connectivity index (χ4n) is 2.90. The van der Waals surface area contributed by atoms with Gasteiger partial charge in [0.1, 0.15) is 5.82 Å². The van der Waals surface area contributed by atoms with Crippen molar-refractivity contribution in [3.63, 3.8) is 0 Å². The van der Waals surface area contributed by atoms with Crippen LogP contribution in [0.15, 0.2) is 24.3 Å². The van der Waals surface area contributed by atoms with Gasteiger partial charge >= 0.3 is 0 Å². The first-order valence-corrected chi connectivity index (χ1v) is 7.59. The molecule has 0 aliphatic carbocycles. The third-order valence-corrected chi connectivity index (χ3v) is 3.99. The standard InChI is InChI=1S/C15H20N4S/c16-14(20)10-19-13-7-3-2-6-12(13)17-15(19)11-18-8-4-1-5-9-18/h2-3,6-7H,1,4-5,8-11H2,(H2,16,20). The van der Waals surface area contributed by atoms with E-state index in [0.29, 0.717) is 11.5 Å². The lowest BCUT2D eigenvalue weighted by Crippen LogP contribution is -2.31. The zero-order valence-electron chi connectivity index (χ0n) is 11.6. The molecular formula is C15H20N4S. The average molecular weight is 288 g/mol. The summed E-state index contributed by atoms with van der Waals surface area (Å²) in [4.78, 5) is 7.75. The van der Waals surface area contributed by atoms with Crippen molar-refractivity contribution in [1.82, 2.24) is 14.5 Å². The molecular weight excluding hydrogens is 268 g/mol. The van der Waals surface area contributed by atoms with Crippen LogP contribution in [0.1, 0.15) is 25.1 Å². The topological polar surface area (TPSA) is 47.1 Å². The number of thiocarbonyl (C=S) groups is 1. The van der Waals surface area contributed by atoms with Gasteiger partial charge < -0.3 is 10.3 Å². The highest BCUT2D eigenvalue weighted by atomic mass is 32.1. The van der Waals surface area contributed by atoms with Gasteiger partial charge in [0.2, 0.25) is 0 Å². The van der Waals surface area contributed by atoms with Crippen molar-refractivity contribution in [3.05, 3.63) is 30.1 Å². The lowest BCUT2D eigenvalue weighted by atomic mass is 10.1. The summed E-state index contributed by atoms with van der Waals surface area (Å²) in [6.07, 6.45) is 3.92. The van der Waals surface area contributed by atoms with Crippen LogP contribution in [0.2, 0.25) is 0 Å². The molecule has 1 saturated heterocycles. The number of piperidine rings is 1. The van der Waals surface area contributed by atoms with Crippen LogP contribution in [0, 0.1) is 0 Å². The molecule has 2 heterocycles. The largest absolute Gasteiger partial charge is 0.392 e. The number of hydrogen-bond acceptors (Lipinski definition) is 3. The molecule has 1 aromatic heterocycles. The first-order valence-electron chi connectivity index (χ1n) is 7.19. The number of rotatable bonds is 4. The van der Waals surface area contributed by atoms with Gasteiger partial charge in [0.15, 0.2) is 0 Å². The van der Waals surface area contributed by atoms with Crippen LogP contribution in [-0.2, 0) is 13.1 Å². The number of nitrogens with two attached hydrogens (primary N) is 1. The van der Waals surface area contributed by atoms with Crippen LogP contribution in [0.4, 0.5) is 0 Å². The van der Waals surface area contributed by atoms with E-state index in [1.165, 1.54) is 19.3 Å². The van der Waals surface area contributed by atoms with E-state index in [9.17, 15) is 0 Å². The van der Waals surface area contributed by atoms with E-state index < -0.39 is 0 Å². The van der Waals surface area contributed by atoms with Gasteiger partial charge in [-0.1, -0.05) is 30.8 Å². The lowest BCUT2D eigenvalue weighted by Gasteiger charge is -2.26. The van der Waals surface area contributed by atoms with Gasteiger partial charge in [-0.15, -0.1) is 0 Å². The fourth-order valence-corrected chi connectivity index (χ4v) is 3.02. The van der Waals surface area contributed by atoms with Crippen molar-refractivity contribution in [2.45, 2.75) is 32.4 Å². The third kappa shape index (κ3) is 2.83. The Hall–Kier alpha value is -1.46. The maximum atomic E-state index is 5.75. The molecule has 3 rings (SSSR count). The highest BCUT2D eigenvalue weighted by molar-refractivity contribution is 7.80. The maximum Gasteiger partial charge on any atom is 0.124 e. The van der Waals surface area contributed by atoms with Gasteiger partial charge in [-0.2, -0.15) is 0 Å². The molecule has 1 fully saturated rings. The molecule has 4 nitrogen and oxygen atoms in total. The van der Waals surface area contributed by atoms with E-state index in [1.54, 1.807) is 0 Å². The Morgan fingerprint density at radius 3 is 2.70 bits per heavy atom.